The van der Waals surface area contributed by atoms with Gasteiger partial charge in [-0.1, -0.05) is 12.1 Å². The molecule has 1 aromatic rings. The molecule has 0 aliphatic rings. The van der Waals surface area contributed by atoms with Crippen LogP contribution in [-0.2, 0) is 0 Å². The number of hydrazine groups is 1. The molecule has 0 aliphatic carbocycles. The van der Waals surface area contributed by atoms with E-state index in [4.69, 9.17) is 17.0 Å². The van der Waals surface area contributed by atoms with Gasteiger partial charge in [0.25, 0.3) is 0 Å². The van der Waals surface area contributed by atoms with Gasteiger partial charge in [0, 0.05) is 12.0 Å². The predicted octanol–water partition coefficient (Wildman–Crippen LogP) is 1.53. The number of benzene rings is 1. The van der Waals surface area contributed by atoms with Crippen LogP contribution in [0.15, 0.2) is 18.2 Å². The molecule has 3 nitrogen and oxygen atoms in total. The van der Waals surface area contributed by atoms with Gasteiger partial charge in [-0.3, -0.25) is 11.3 Å². The van der Waals surface area contributed by atoms with Crippen LogP contribution in [0.2, 0.25) is 0 Å². The van der Waals surface area contributed by atoms with Crippen molar-refractivity contribution in [3.05, 3.63) is 29.3 Å². The smallest absolute Gasteiger partial charge is 0.123 e. The standard InChI is InChI=1S/C12H16N2O/c1-4-5-11(14-13)10-7-6-9(2)8-12(10)15-3/h1,6-8,11,14H,5,13H2,2-3H3. The third-order valence-electron chi connectivity index (χ3n) is 2.29. The summed E-state index contributed by atoms with van der Waals surface area (Å²) in [4.78, 5) is 0. The summed E-state index contributed by atoms with van der Waals surface area (Å²) in [6, 6.07) is 5.90. The molecule has 0 spiro atoms. The van der Waals surface area contributed by atoms with E-state index in [2.05, 4.69) is 11.3 Å². The zero-order valence-electron chi connectivity index (χ0n) is 9.08. The highest BCUT2D eigenvalue weighted by atomic mass is 16.5. The van der Waals surface area contributed by atoms with Crippen LogP contribution in [0.3, 0.4) is 0 Å². The van der Waals surface area contributed by atoms with Gasteiger partial charge in [0.1, 0.15) is 5.75 Å². The zero-order valence-corrected chi connectivity index (χ0v) is 9.08. The van der Waals surface area contributed by atoms with Crippen LogP contribution in [0.5, 0.6) is 5.75 Å². The van der Waals surface area contributed by atoms with Crippen LogP contribution < -0.4 is 16.0 Å². The van der Waals surface area contributed by atoms with E-state index in [0.717, 1.165) is 16.9 Å². The topological polar surface area (TPSA) is 47.3 Å². The molecule has 0 heterocycles. The highest BCUT2D eigenvalue weighted by molar-refractivity contribution is 5.39. The van der Waals surface area contributed by atoms with E-state index in [0.29, 0.717) is 6.42 Å². The van der Waals surface area contributed by atoms with E-state index < -0.39 is 0 Å². The van der Waals surface area contributed by atoms with Gasteiger partial charge in [-0.25, -0.2) is 0 Å². The van der Waals surface area contributed by atoms with Crippen molar-refractivity contribution in [1.82, 2.24) is 5.43 Å². The lowest BCUT2D eigenvalue weighted by Gasteiger charge is -2.17. The second kappa shape index (κ2) is 5.40. The third kappa shape index (κ3) is 2.72. The molecule has 1 atom stereocenters. The first-order valence-electron chi connectivity index (χ1n) is 4.77. The Morgan fingerprint density at radius 2 is 2.33 bits per heavy atom. The number of aryl methyl sites for hydroxylation is 1. The highest BCUT2D eigenvalue weighted by Crippen LogP contribution is 2.27. The number of ether oxygens (including phenoxy) is 1. The lowest BCUT2D eigenvalue weighted by atomic mass is 10.0. The minimum Gasteiger partial charge on any atom is -0.496 e. The number of methoxy groups -OCH3 is 1. The minimum atomic E-state index is -0.0643. The Kier molecular flexibility index (Phi) is 4.17. The van der Waals surface area contributed by atoms with Crippen molar-refractivity contribution in [2.45, 2.75) is 19.4 Å². The number of terminal acetylenes is 1. The van der Waals surface area contributed by atoms with Crippen molar-refractivity contribution in [2.75, 3.05) is 7.11 Å². The van der Waals surface area contributed by atoms with E-state index in [-0.39, 0.29) is 6.04 Å². The van der Waals surface area contributed by atoms with E-state index in [9.17, 15) is 0 Å². The molecule has 80 valence electrons. The maximum absolute atomic E-state index is 5.45. The van der Waals surface area contributed by atoms with E-state index >= 15 is 0 Å². The third-order valence-corrected chi connectivity index (χ3v) is 2.29. The Morgan fingerprint density at radius 1 is 1.60 bits per heavy atom. The van der Waals surface area contributed by atoms with Crippen LogP contribution in [0, 0.1) is 19.3 Å². The summed E-state index contributed by atoms with van der Waals surface area (Å²) >= 11 is 0. The van der Waals surface area contributed by atoms with Crippen LogP contribution in [-0.4, -0.2) is 7.11 Å². The zero-order chi connectivity index (χ0) is 11.3. The van der Waals surface area contributed by atoms with Gasteiger partial charge in [-0.05, 0) is 18.6 Å². The fraction of sp³-hybridized carbons (Fsp3) is 0.333. The molecule has 0 aliphatic heterocycles. The van der Waals surface area contributed by atoms with Gasteiger partial charge in [0.2, 0.25) is 0 Å². The van der Waals surface area contributed by atoms with Crippen molar-refractivity contribution < 1.29 is 4.74 Å². The van der Waals surface area contributed by atoms with Crippen LogP contribution >= 0.6 is 0 Å². The lowest BCUT2D eigenvalue weighted by molar-refractivity contribution is 0.400. The number of hydrogen-bond acceptors (Lipinski definition) is 3. The summed E-state index contributed by atoms with van der Waals surface area (Å²) in [5.74, 6) is 8.85. The molecule has 0 fully saturated rings. The number of nitrogens with two attached hydrogens (primary N) is 1. The Morgan fingerprint density at radius 3 is 2.87 bits per heavy atom. The van der Waals surface area contributed by atoms with Gasteiger partial charge in [-0.15, -0.1) is 12.3 Å². The quantitative estimate of drug-likeness (QED) is 0.444. The molecule has 0 bridgehead atoms. The number of hydrogen-bond donors (Lipinski definition) is 2. The van der Waals surface area contributed by atoms with Crippen LogP contribution in [0.4, 0.5) is 0 Å². The number of rotatable bonds is 4. The van der Waals surface area contributed by atoms with Crippen LogP contribution in [0.25, 0.3) is 0 Å². The summed E-state index contributed by atoms with van der Waals surface area (Å²) < 4.78 is 5.29. The first kappa shape index (κ1) is 11.6. The van der Waals surface area contributed by atoms with Gasteiger partial charge in [0.05, 0.1) is 13.2 Å². The molecule has 15 heavy (non-hydrogen) atoms. The molecule has 0 saturated heterocycles. The van der Waals surface area contributed by atoms with E-state index in [1.54, 1.807) is 7.11 Å². The average molecular weight is 204 g/mol. The Labute approximate surface area is 90.6 Å². The first-order valence-corrected chi connectivity index (χ1v) is 4.77. The second-order valence-electron chi connectivity index (χ2n) is 3.37. The molecule has 1 aromatic carbocycles. The molecular formula is C12H16N2O. The molecule has 0 amide bonds. The maximum Gasteiger partial charge on any atom is 0.123 e. The fourth-order valence-corrected chi connectivity index (χ4v) is 1.48. The van der Waals surface area contributed by atoms with Gasteiger partial charge in [0.15, 0.2) is 0 Å². The Bertz CT molecular complexity index is 368. The summed E-state index contributed by atoms with van der Waals surface area (Å²) in [5, 5.41) is 0. The van der Waals surface area contributed by atoms with Crippen molar-refractivity contribution in [3.63, 3.8) is 0 Å². The molecule has 0 saturated carbocycles. The minimum absolute atomic E-state index is 0.0643. The summed E-state index contributed by atoms with van der Waals surface area (Å²) in [5.41, 5.74) is 4.83. The van der Waals surface area contributed by atoms with Crippen molar-refractivity contribution >= 4 is 0 Å². The van der Waals surface area contributed by atoms with Crippen LogP contribution in [0.1, 0.15) is 23.6 Å². The normalized spacial score (nSPS) is 11.9. The predicted molar refractivity (Wildman–Crippen MR) is 61.2 cm³/mol. The van der Waals surface area contributed by atoms with Gasteiger partial charge in [-0.2, -0.15) is 0 Å². The lowest BCUT2D eigenvalue weighted by Crippen LogP contribution is -2.28. The summed E-state index contributed by atoms with van der Waals surface area (Å²) in [7, 11) is 1.64. The Hall–Kier alpha value is -1.50. The molecule has 0 aromatic heterocycles. The first-order chi connectivity index (χ1) is 7.22. The number of nitrogens with one attached hydrogen (secondary N) is 1. The van der Waals surface area contributed by atoms with Crippen molar-refractivity contribution in [3.8, 4) is 18.1 Å². The van der Waals surface area contributed by atoms with Gasteiger partial charge < -0.3 is 4.74 Å². The average Bonchev–Trinajstić information content (AvgIpc) is 2.26. The molecule has 1 unspecified atom stereocenters. The highest BCUT2D eigenvalue weighted by Gasteiger charge is 2.13. The second-order valence-corrected chi connectivity index (χ2v) is 3.37. The molecule has 1 rings (SSSR count). The van der Waals surface area contributed by atoms with Gasteiger partial charge >= 0.3 is 0 Å². The summed E-state index contributed by atoms with van der Waals surface area (Å²) in [6.45, 7) is 2.01. The fourth-order valence-electron chi connectivity index (χ4n) is 1.48. The Balaban J connectivity index is 3.06. The SMILES string of the molecule is C#CCC(NN)c1ccc(C)cc1OC. The van der Waals surface area contributed by atoms with Crippen molar-refractivity contribution in [1.29, 1.82) is 0 Å². The molecule has 0 radical (unpaired) electrons. The largest absolute Gasteiger partial charge is 0.496 e. The van der Waals surface area contributed by atoms with E-state index in [1.165, 1.54) is 0 Å². The maximum atomic E-state index is 5.45. The molecule has 3 N–H and O–H groups in total. The van der Waals surface area contributed by atoms with Crippen molar-refractivity contribution in [2.24, 2.45) is 5.84 Å². The molecule has 3 heteroatoms. The van der Waals surface area contributed by atoms with E-state index in [1.807, 2.05) is 25.1 Å². The monoisotopic (exact) mass is 204 g/mol. The summed E-state index contributed by atoms with van der Waals surface area (Å²) in [6.07, 6.45) is 5.82. The molecular weight excluding hydrogens is 188 g/mol.